The van der Waals surface area contributed by atoms with Gasteiger partial charge in [0.25, 0.3) is 5.91 Å². The molecule has 1 amide bonds. The van der Waals surface area contributed by atoms with Crippen LogP contribution in [0.2, 0.25) is 0 Å². The molecule has 2 aliphatic heterocycles. The predicted molar refractivity (Wildman–Crippen MR) is 159 cm³/mol. The smallest absolute Gasteiger partial charge is 0.272 e. The van der Waals surface area contributed by atoms with Gasteiger partial charge in [-0.05, 0) is 60.5 Å². The predicted octanol–water partition coefficient (Wildman–Crippen LogP) is 5.07. The topological polar surface area (TPSA) is 81.4 Å². The molecular weight excluding hydrogens is 530 g/mol. The lowest BCUT2D eigenvalue weighted by Gasteiger charge is -2.34. The molecule has 1 fully saturated rings. The minimum atomic E-state index is -0.0761. The number of methoxy groups -OCH3 is 1. The maximum atomic E-state index is 13.9. The van der Waals surface area contributed by atoms with Crippen molar-refractivity contribution in [3.63, 3.8) is 0 Å². The molecule has 9 heteroatoms. The number of ether oxygens (including phenoxy) is 3. The highest BCUT2D eigenvalue weighted by molar-refractivity contribution is 5.95. The van der Waals surface area contributed by atoms with E-state index in [-0.39, 0.29) is 12.7 Å². The van der Waals surface area contributed by atoms with E-state index in [0.29, 0.717) is 24.4 Å². The van der Waals surface area contributed by atoms with Gasteiger partial charge >= 0.3 is 0 Å². The lowest BCUT2D eigenvalue weighted by molar-refractivity contribution is 0.0623. The van der Waals surface area contributed by atoms with Crippen LogP contribution in [-0.2, 0) is 6.54 Å². The molecule has 0 aliphatic carbocycles. The zero-order valence-electron chi connectivity index (χ0n) is 23.6. The molecule has 2 aliphatic rings. The van der Waals surface area contributed by atoms with Gasteiger partial charge in [0.1, 0.15) is 11.4 Å². The third-order valence-corrected chi connectivity index (χ3v) is 7.93. The first-order chi connectivity index (χ1) is 20.6. The SMILES string of the molecule is COc1ccc(-c2cc(C(=O)N3CCN(Cc4ccc5c(c4)OCO5)CC3)nc3c(-c4ccccc4)c(C)nn23)cc1. The van der Waals surface area contributed by atoms with E-state index in [1.165, 1.54) is 5.56 Å². The summed E-state index contributed by atoms with van der Waals surface area (Å²) in [4.78, 5) is 23.1. The Balaban J connectivity index is 1.18. The third kappa shape index (κ3) is 4.81. The van der Waals surface area contributed by atoms with E-state index in [1.807, 2.05) is 89.1 Å². The van der Waals surface area contributed by atoms with Crippen molar-refractivity contribution >= 4 is 11.6 Å². The fraction of sp³-hybridized carbons (Fsp3) is 0.242. The standard InChI is InChI=1S/C33H31N5O4/c1-22-31(25-6-4-3-5-7-25)32-34-27(19-28(38(32)35-22)24-9-11-26(40-2)12-10-24)33(39)37-16-14-36(15-17-37)20-23-8-13-29-30(18-23)42-21-41-29/h3-13,18-19H,14-17,20-21H2,1-2H3. The van der Waals surface area contributed by atoms with E-state index >= 15 is 0 Å². The minimum absolute atomic E-state index is 0.0761. The van der Waals surface area contributed by atoms with Gasteiger partial charge in [0.15, 0.2) is 17.1 Å². The molecule has 0 atom stereocenters. The Morgan fingerprint density at radius 2 is 1.64 bits per heavy atom. The van der Waals surface area contributed by atoms with Crippen molar-refractivity contribution in [3.8, 4) is 39.6 Å². The molecule has 0 unspecified atom stereocenters. The van der Waals surface area contributed by atoms with Crippen LogP contribution in [0.5, 0.6) is 17.2 Å². The monoisotopic (exact) mass is 561 g/mol. The zero-order valence-corrected chi connectivity index (χ0v) is 23.6. The van der Waals surface area contributed by atoms with Crippen molar-refractivity contribution in [1.82, 2.24) is 24.4 Å². The van der Waals surface area contributed by atoms with Crippen LogP contribution < -0.4 is 14.2 Å². The normalized spacial score (nSPS) is 14.9. The molecule has 0 bridgehead atoms. The third-order valence-electron chi connectivity index (χ3n) is 7.93. The van der Waals surface area contributed by atoms with Gasteiger partial charge in [-0.25, -0.2) is 9.50 Å². The first kappa shape index (κ1) is 26.0. The van der Waals surface area contributed by atoms with Gasteiger partial charge in [0.2, 0.25) is 6.79 Å². The number of aromatic nitrogens is 3. The number of hydrogen-bond donors (Lipinski definition) is 0. The second-order valence-corrected chi connectivity index (χ2v) is 10.6. The van der Waals surface area contributed by atoms with Crippen LogP contribution in [0.1, 0.15) is 21.7 Å². The summed E-state index contributed by atoms with van der Waals surface area (Å²) in [5, 5.41) is 4.87. The summed E-state index contributed by atoms with van der Waals surface area (Å²) in [6.07, 6.45) is 0. The van der Waals surface area contributed by atoms with Crippen LogP contribution in [0.3, 0.4) is 0 Å². The van der Waals surface area contributed by atoms with Crippen molar-refractivity contribution in [2.75, 3.05) is 40.1 Å². The van der Waals surface area contributed by atoms with Crippen LogP contribution in [0.25, 0.3) is 28.0 Å². The van der Waals surface area contributed by atoms with Crippen LogP contribution in [0.4, 0.5) is 0 Å². The molecule has 0 N–H and O–H groups in total. The van der Waals surface area contributed by atoms with Gasteiger partial charge in [0.05, 0.1) is 18.5 Å². The van der Waals surface area contributed by atoms with Gasteiger partial charge < -0.3 is 19.1 Å². The summed E-state index contributed by atoms with van der Waals surface area (Å²) in [5.74, 6) is 2.27. The molecule has 3 aromatic carbocycles. The maximum Gasteiger partial charge on any atom is 0.272 e. The molecule has 1 saturated heterocycles. The Morgan fingerprint density at radius 3 is 2.40 bits per heavy atom. The second-order valence-electron chi connectivity index (χ2n) is 10.6. The highest BCUT2D eigenvalue weighted by Crippen LogP contribution is 2.34. The highest BCUT2D eigenvalue weighted by atomic mass is 16.7. The first-order valence-corrected chi connectivity index (χ1v) is 14.1. The van der Waals surface area contributed by atoms with Crippen LogP contribution in [0.15, 0.2) is 78.9 Å². The van der Waals surface area contributed by atoms with Gasteiger partial charge in [-0.1, -0.05) is 36.4 Å². The Labute approximate surface area is 243 Å². The number of rotatable bonds is 6. The first-order valence-electron chi connectivity index (χ1n) is 14.1. The molecule has 0 radical (unpaired) electrons. The number of benzene rings is 3. The molecular formula is C33H31N5O4. The molecule has 5 aromatic rings. The van der Waals surface area contributed by atoms with Crippen molar-refractivity contribution in [1.29, 1.82) is 0 Å². The number of hydrogen-bond acceptors (Lipinski definition) is 7. The van der Waals surface area contributed by atoms with Crippen molar-refractivity contribution in [2.45, 2.75) is 13.5 Å². The van der Waals surface area contributed by atoms with Crippen LogP contribution in [0, 0.1) is 6.92 Å². The lowest BCUT2D eigenvalue weighted by Crippen LogP contribution is -2.48. The van der Waals surface area contributed by atoms with Gasteiger partial charge in [-0.3, -0.25) is 9.69 Å². The van der Waals surface area contributed by atoms with Crippen molar-refractivity contribution in [3.05, 3.63) is 95.8 Å². The Morgan fingerprint density at radius 1 is 0.881 bits per heavy atom. The van der Waals surface area contributed by atoms with Crippen molar-refractivity contribution in [2.24, 2.45) is 0 Å². The van der Waals surface area contributed by atoms with E-state index in [9.17, 15) is 4.79 Å². The zero-order chi connectivity index (χ0) is 28.6. The molecule has 4 heterocycles. The maximum absolute atomic E-state index is 13.9. The summed E-state index contributed by atoms with van der Waals surface area (Å²) in [7, 11) is 1.65. The van der Waals surface area contributed by atoms with Gasteiger partial charge in [-0.2, -0.15) is 5.10 Å². The number of amides is 1. The molecule has 2 aromatic heterocycles. The number of carbonyl (C=O) groups is 1. The van der Waals surface area contributed by atoms with E-state index in [4.69, 9.17) is 24.3 Å². The van der Waals surface area contributed by atoms with Crippen LogP contribution in [-0.4, -0.2) is 70.4 Å². The summed E-state index contributed by atoms with van der Waals surface area (Å²) in [6, 6.07) is 25.8. The number of fused-ring (bicyclic) bond motifs is 2. The lowest BCUT2D eigenvalue weighted by atomic mass is 10.1. The summed E-state index contributed by atoms with van der Waals surface area (Å²) < 4.78 is 18.2. The fourth-order valence-electron chi connectivity index (χ4n) is 5.71. The van der Waals surface area contributed by atoms with E-state index in [2.05, 4.69) is 11.0 Å². The molecule has 212 valence electrons. The van der Waals surface area contributed by atoms with Gasteiger partial charge in [-0.15, -0.1) is 0 Å². The quantitative estimate of drug-likeness (QED) is 0.286. The Bertz CT molecular complexity index is 1760. The largest absolute Gasteiger partial charge is 0.497 e. The number of carbonyl (C=O) groups excluding carboxylic acids is 1. The summed E-state index contributed by atoms with van der Waals surface area (Å²) >= 11 is 0. The Hall–Kier alpha value is -4.89. The summed E-state index contributed by atoms with van der Waals surface area (Å²) in [5.41, 5.74) is 6.76. The number of aryl methyl sites for hydroxylation is 1. The highest BCUT2D eigenvalue weighted by Gasteiger charge is 2.26. The molecule has 0 spiro atoms. The fourth-order valence-corrected chi connectivity index (χ4v) is 5.71. The average Bonchev–Trinajstić information content (AvgIpc) is 3.64. The average molecular weight is 562 g/mol. The molecule has 0 saturated carbocycles. The summed E-state index contributed by atoms with van der Waals surface area (Å²) in [6.45, 7) is 5.83. The minimum Gasteiger partial charge on any atom is -0.497 e. The second kappa shape index (κ2) is 10.8. The molecule has 9 nitrogen and oxygen atoms in total. The Kier molecular flexibility index (Phi) is 6.71. The molecule has 7 rings (SSSR count). The van der Waals surface area contributed by atoms with Crippen LogP contribution >= 0.6 is 0 Å². The van der Waals surface area contributed by atoms with E-state index in [0.717, 1.165) is 65.0 Å². The number of nitrogens with zero attached hydrogens (tertiary/aromatic N) is 5. The van der Waals surface area contributed by atoms with Crippen molar-refractivity contribution < 1.29 is 19.0 Å². The van der Waals surface area contributed by atoms with E-state index < -0.39 is 0 Å². The number of piperazine rings is 1. The van der Waals surface area contributed by atoms with E-state index in [1.54, 1.807) is 7.11 Å². The van der Waals surface area contributed by atoms with Gasteiger partial charge in [0, 0.05) is 43.9 Å². The molecule has 42 heavy (non-hydrogen) atoms.